The highest BCUT2D eigenvalue weighted by atomic mass is 16.6. The van der Waals surface area contributed by atoms with E-state index in [0.29, 0.717) is 0 Å². The molecular formula is C9H15NO4. The van der Waals surface area contributed by atoms with Gasteiger partial charge in [-0.1, -0.05) is 0 Å². The normalized spacial score (nSPS) is 44.6. The van der Waals surface area contributed by atoms with Crippen molar-refractivity contribution in [1.29, 1.82) is 0 Å². The topological polar surface area (TPSA) is 60.1 Å². The first-order valence-electron chi connectivity index (χ1n) is 4.67. The number of epoxide rings is 1. The van der Waals surface area contributed by atoms with Gasteiger partial charge in [0.25, 0.3) is 0 Å². The van der Waals surface area contributed by atoms with E-state index in [0.717, 1.165) is 0 Å². The van der Waals surface area contributed by atoms with Crippen LogP contribution in [0.15, 0.2) is 0 Å². The summed E-state index contributed by atoms with van der Waals surface area (Å²) in [5.41, 5.74) is 0. The van der Waals surface area contributed by atoms with Gasteiger partial charge in [-0.15, -0.1) is 0 Å². The summed E-state index contributed by atoms with van der Waals surface area (Å²) in [6, 6.07) is -0.0914. The summed E-state index contributed by atoms with van der Waals surface area (Å²) < 4.78 is 16.0. The average Bonchev–Trinajstić information content (AvgIpc) is 2.82. The Morgan fingerprint density at radius 2 is 1.71 bits per heavy atom. The molecule has 2 rings (SSSR count). The number of amides is 1. The van der Waals surface area contributed by atoms with Crippen molar-refractivity contribution in [3.05, 3.63) is 0 Å². The second-order valence-corrected chi connectivity index (χ2v) is 3.69. The lowest BCUT2D eigenvalue weighted by Gasteiger charge is -2.26. The average molecular weight is 201 g/mol. The van der Waals surface area contributed by atoms with Crippen molar-refractivity contribution >= 4 is 5.91 Å². The Labute approximate surface area is 82.7 Å². The second-order valence-electron chi connectivity index (χ2n) is 3.69. The van der Waals surface area contributed by atoms with Crippen LogP contribution in [-0.4, -0.2) is 50.6 Å². The zero-order chi connectivity index (χ0) is 10.3. The maximum Gasteiger partial charge on any atom is 0.217 e. The molecule has 0 spiro atoms. The molecule has 0 aromatic carbocycles. The van der Waals surface area contributed by atoms with Crippen LogP contribution in [-0.2, 0) is 19.0 Å². The number of ether oxygens (including phenoxy) is 3. The number of fused-ring (bicyclic) bond motifs is 1. The molecule has 0 radical (unpaired) electrons. The predicted molar refractivity (Wildman–Crippen MR) is 47.9 cm³/mol. The van der Waals surface area contributed by atoms with Crippen molar-refractivity contribution in [2.45, 2.75) is 37.4 Å². The number of carbonyl (C=O) groups is 1. The van der Waals surface area contributed by atoms with E-state index in [9.17, 15) is 4.79 Å². The van der Waals surface area contributed by atoms with Crippen molar-refractivity contribution in [3.8, 4) is 0 Å². The minimum atomic E-state index is -0.0914. The minimum absolute atomic E-state index is 0.0691. The molecule has 1 aliphatic carbocycles. The molecule has 0 bridgehead atoms. The number of hydrogen-bond donors (Lipinski definition) is 1. The van der Waals surface area contributed by atoms with Crippen LogP contribution in [0.3, 0.4) is 0 Å². The summed E-state index contributed by atoms with van der Waals surface area (Å²) in [7, 11) is 3.24. The Bertz CT molecular complexity index is 229. The predicted octanol–water partition coefficient (Wildman–Crippen LogP) is -0.698. The van der Waals surface area contributed by atoms with Gasteiger partial charge in [0, 0.05) is 21.1 Å². The maximum absolute atomic E-state index is 11.0. The van der Waals surface area contributed by atoms with Crippen molar-refractivity contribution < 1.29 is 19.0 Å². The fourth-order valence-corrected chi connectivity index (χ4v) is 2.22. The van der Waals surface area contributed by atoms with Gasteiger partial charge in [-0.05, 0) is 0 Å². The molecule has 4 atom stereocenters. The highest BCUT2D eigenvalue weighted by Crippen LogP contribution is 2.41. The van der Waals surface area contributed by atoms with Crippen LogP contribution in [0.1, 0.15) is 6.92 Å². The van der Waals surface area contributed by atoms with Gasteiger partial charge in [-0.25, -0.2) is 0 Å². The zero-order valence-electron chi connectivity index (χ0n) is 8.52. The summed E-state index contributed by atoms with van der Waals surface area (Å²) >= 11 is 0. The van der Waals surface area contributed by atoms with Crippen molar-refractivity contribution in [2.75, 3.05) is 14.2 Å². The first-order valence-corrected chi connectivity index (χ1v) is 4.67. The molecule has 0 aromatic heterocycles. The molecule has 4 unspecified atom stereocenters. The van der Waals surface area contributed by atoms with Crippen molar-refractivity contribution in [3.63, 3.8) is 0 Å². The van der Waals surface area contributed by atoms with Crippen LogP contribution < -0.4 is 5.32 Å². The van der Waals surface area contributed by atoms with E-state index in [1.54, 1.807) is 14.2 Å². The molecule has 1 aliphatic heterocycles. The van der Waals surface area contributed by atoms with Gasteiger partial charge in [0.1, 0.15) is 24.4 Å². The van der Waals surface area contributed by atoms with Gasteiger partial charge in [0.05, 0.1) is 6.04 Å². The highest BCUT2D eigenvalue weighted by Gasteiger charge is 2.63. The van der Waals surface area contributed by atoms with Crippen LogP contribution in [0.25, 0.3) is 0 Å². The summed E-state index contributed by atoms with van der Waals surface area (Å²) in [6.07, 6.45) is -0.00806. The molecule has 0 aromatic rings. The summed E-state index contributed by atoms with van der Waals surface area (Å²) in [5, 5.41) is 2.84. The Hall–Kier alpha value is -0.650. The third-order valence-electron chi connectivity index (χ3n) is 2.83. The van der Waals surface area contributed by atoms with Crippen LogP contribution in [0.4, 0.5) is 0 Å². The third-order valence-corrected chi connectivity index (χ3v) is 2.83. The van der Waals surface area contributed by atoms with E-state index in [2.05, 4.69) is 5.32 Å². The lowest BCUT2D eigenvalue weighted by Crippen LogP contribution is -2.50. The van der Waals surface area contributed by atoms with Gasteiger partial charge < -0.3 is 19.5 Å². The maximum atomic E-state index is 11.0. The molecule has 5 heteroatoms. The molecule has 5 nitrogen and oxygen atoms in total. The molecular weight excluding hydrogens is 186 g/mol. The summed E-state index contributed by atoms with van der Waals surface area (Å²) in [5.74, 6) is -0.0691. The minimum Gasteiger partial charge on any atom is -0.376 e. The van der Waals surface area contributed by atoms with Crippen LogP contribution in [0.2, 0.25) is 0 Å². The summed E-state index contributed by atoms with van der Waals surface area (Å²) in [4.78, 5) is 11.0. The number of rotatable bonds is 3. The highest BCUT2D eigenvalue weighted by molar-refractivity contribution is 5.73. The Morgan fingerprint density at radius 1 is 1.21 bits per heavy atom. The van der Waals surface area contributed by atoms with Gasteiger partial charge in [-0.2, -0.15) is 0 Å². The van der Waals surface area contributed by atoms with Crippen molar-refractivity contribution in [1.82, 2.24) is 5.32 Å². The molecule has 1 amide bonds. The Kier molecular flexibility index (Phi) is 2.47. The standard InChI is InChI=1S/C9H15NO4/c1-4(11)10-5-6(12-2)8-9(14-8)7(5)13-3/h5-9H,1-3H3,(H,10,11). The fourth-order valence-electron chi connectivity index (χ4n) is 2.22. The zero-order valence-corrected chi connectivity index (χ0v) is 8.52. The number of methoxy groups -OCH3 is 2. The lowest BCUT2D eigenvalue weighted by molar-refractivity contribution is -0.122. The van der Waals surface area contributed by atoms with Crippen LogP contribution in [0.5, 0.6) is 0 Å². The van der Waals surface area contributed by atoms with E-state index in [1.807, 2.05) is 0 Å². The molecule has 1 saturated carbocycles. The number of nitrogens with one attached hydrogen (secondary N) is 1. The quantitative estimate of drug-likeness (QED) is 0.613. The van der Waals surface area contributed by atoms with Crippen LogP contribution in [0, 0.1) is 0 Å². The van der Waals surface area contributed by atoms with Gasteiger partial charge in [0.15, 0.2) is 0 Å². The molecule has 1 saturated heterocycles. The lowest BCUT2D eigenvalue weighted by atomic mass is 10.1. The van der Waals surface area contributed by atoms with E-state index >= 15 is 0 Å². The van der Waals surface area contributed by atoms with Gasteiger partial charge >= 0.3 is 0 Å². The monoisotopic (exact) mass is 201 g/mol. The van der Waals surface area contributed by atoms with E-state index in [-0.39, 0.29) is 36.4 Å². The first kappa shape index (κ1) is 9.89. The Balaban J connectivity index is 2.06. The number of hydrogen-bond acceptors (Lipinski definition) is 4. The van der Waals surface area contributed by atoms with E-state index in [4.69, 9.17) is 14.2 Å². The molecule has 1 heterocycles. The van der Waals surface area contributed by atoms with Crippen LogP contribution >= 0.6 is 0 Å². The largest absolute Gasteiger partial charge is 0.376 e. The molecule has 2 fully saturated rings. The molecule has 2 aliphatic rings. The van der Waals surface area contributed by atoms with Gasteiger partial charge in [-0.3, -0.25) is 4.79 Å². The van der Waals surface area contributed by atoms with Crippen molar-refractivity contribution in [2.24, 2.45) is 0 Å². The molecule has 1 N–H and O–H groups in total. The van der Waals surface area contributed by atoms with E-state index < -0.39 is 0 Å². The Morgan fingerprint density at radius 3 is 2.07 bits per heavy atom. The van der Waals surface area contributed by atoms with E-state index in [1.165, 1.54) is 6.92 Å². The second kappa shape index (κ2) is 3.49. The smallest absolute Gasteiger partial charge is 0.217 e. The summed E-state index contributed by atoms with van der Waals surface area (Å²) in [6.45, 7) is 1.49. The fraction of sp³-hybridized carbons (Fsp3) is 0.889. The first-order chi connectivity index (χ1) is 6.69. The molecule has 14 heavy (non-hydrogen) atoms. The van der Waals surface area contributed by atoms with Gasteiger partial charge in [0.2, 0.25) is 5.91 Å². The SMILES string of the molecule is COC1C(NC(C)=O)C(OC)C2OC12. The third kappa shape index (κ3) is 1.41. The number of carbonyl (C=O) groups excluding carboxylic acids is 1. The molecule has 80 valence electrons.